The van der Waals surface area contributed by atoms with Crippen molar-refractivity contribution in [2.75, 3.05) is 13.7 Å². The van der Waals surface area contributed by atoms with E-state index in [0.717, 1.165) is 0 Å². The van der Waals surface area contributed by atoms with E-state index in [1.54, 1.807) is 0 Å². The SMILES string of the molecule is COCCn1ccc(C(O)C(F)(F)F)c1. The lowest BCUT2D eigenvalue weighted by atomic mass is 10.2. The number of hydrogen-bond donors (Lipinski definition) is 1. The predicted molar refractivity (Wildman–Crippen MR) is 47.3 cm³/mol. The van der Waals surface area contributed by atoms with Crippen LogP contribution in [0.3, 0.4) is 0 Å². The molecule has 3 nitrogen and oxygen atoms in total. The molecule has 0 aliphatic rings. The summed E-state index contributed by atoms with van der Waals surface area (Å²) in [6, 6.07) is 1.24. The molecule has 0 bridgehead atoms. The Morgan fingerprint density at radius 3 is 2.73 bits per heavy atom. The average molecular weight is 223 g/mol. The van der Waals surface area contributed by atoms with Crippen LogP contribution in [0.4, 0.5) is 13.2 Å². The summed E-state index contributed by atoms with van der Waals surface area (Å²) in [4.78, 5) is 0. The monoisotopic (exact) mass is 223 g/mol. The number of methoxy groups -OCH3 is 1. The predicted octanol–water partition coefficient (Wildman–Crippen LogP) is 1.73. The van der Waals surface area contributed by atoms with E-state index < -0.39 is 12.3 Å². The first kappa shape index (κ1) is 12.1. The molecule has 1 N–H and O–H groups in total. The van der Waals surface area contributed by atoms with Crippen LogP contribution in [-0.2, 0) is 11.3 Å². The number of aromatic nitrogens is 1. The Hall–Kier alpha value is -1.01. The van der Waals surface area contributed by atoms with Crippen LogP contribution in [0.5, 0.6) is 0 Å². The third-order valence-electron chi connectivity index (χ3n) is 1.95. The molecule has 1 aromatic heterocycles. The molecule has 86 valence electrons. The van der Waals surface area contributed by atoms with Gasteiger partial charge in [0.15, 0.2) is 6.10 Å². The fourth-order valence-electron chi connectivity index (χ4n) is 1.15. The van der Waals surface area contributed by atoms with E-state index in [0.29, 0.717) is 13.2 Å². The highest BCUT2D eigenvalue weighted by Crippen LogP contribution is 2.32. The smallest absolute Gasteiger partial charge is 0.383 e. The minimum absolute atomic E-state index is 0.154. The molecule has 0 radical (unpaired) electrons. The van der Waals surface area contributed by atoms with Gasteiger partial charge in [-0.05, 0) is 6.07 Å². The molecule has 15 heavy (non-hydrogen) atoms. The summed E-state index contributed by atoms with van der Waals surface area (Å²) in [5.74, 6) is 0. The molecule has 6 heteroatoms. The molecule has 0 fully saturated rings. The number of alkyl halides is 3. The van der Waals surface area contributed by atoms with Crippen LogP contribution < -0.4 is 0 Å². The second-order valence-electron chi connectivity index (χ2n) is 3.12. The maximum atomic E-state index is 12.1. The number of hydrogen-bond acceptors (Lipinski definition) is 2. The molecule has 0 aromatic carbocycles. The van der Waals surface area contributed by atoms with E-state index in [2.05, 4.69) is 0 Å². The molecule has 1 heterocycles. The van der Waals surface area contributed by atoms with E-state index in [-0.39, 0.29) is 5.56 Å². The summed E-state index contributed by atoms with van der Waals surface area (Å²) in [7, 11) is 1.51. The first-order valence-corrected chi connectivity index (χ1v) is 4.34. The van der Waals surface area contributed by atoms with Crippen LogP contribution in [-0.4, -0.2) is 29.6 Å². The second-order valence-corrected chi connectivity index (χ2v) is 3.12. The summed E-state index contributed by atoms with van der Waals surface area (Å²) in [5, 5.41) is 8.93. The van der Waals surface area contributed by atoms with E-state index in [9.17, 15) is 13.2 Å². The maximum absolute atomic E-state index is 12.1. The van der Waals surface area contributed by atoms with Gasteiger partial charge in [-0.1, -0.05) is 0 Å². The van der Waals surface area contributed by atoms with Crippen molar-refractivity contribution in [1.29, 1.82) is 0 Å². The van der Waals surface area contributed by atoms with Gasteiger partial charge in [0.2, 0.25) is 0 Å². The molecule has 0 saturated carbocycles. The van der Waals surface area contributed by atoms with Gasteiger partial charge in [0.05, 0.1) is 6.61 Å². The molecule has 0 amide bonds. The molecule has 1 unspecified atom stereocenters. The fraction of sp³-hybridized carbons (Fsp3) is 0.556. The van der Waals surface area contributed by atoms with Gasteiger partial charge in [0, 0.05) is 31.6 Å². The second kappa shape index (κ2) is 4.67. The highest BCUT2D eigenvalue weighted by molar-refractivity contribution is 5.15. The van der Waals surface area contributed by atoms with Crippen molar-refractivity contribution in [2.45, 2.75) is 18.8 Å². The Balaban J connectivity index is 2.67. The van der Waals surface area contributed by atoms with E-state index in [1.165, 1.54) is 30.1 Å². The first-order valence-electron chi connectivity index (χ1n) is 4.34. The largest absolute Gasteiger partial charge is 0.418 e. The molecule has 1 rings (SSSR count). The third kappa shape index (κ3) is 3.24. The molecular weight excluding hydrogens is 211 g/mol. The number of aliphatic hydroxyl groups is 1. The Morgan fingerprint density at radius 1 is 1.53 bits per heavy atom. The number of aliphatic hydroxyl groups excluding tert-OH is 1. The van der Waals surface area contributed by atoms with Gasteiger partial charge in [-0.25, -0.2) is 0 Å². The zero-order valence-corrected chi connectivity index (χ0v) is 8.16. The van der Waals surface area contributed by atoms with Crippen LogP contribution in [0.2, 0.25) is 0 Å². The number of ether oxygens (including phenoxy) is 1. The lowest BCUT2D eigenvalue weighted by molar-refractivity contribution is -0.206. The summed E-state index contributed by atoms with van der Waals surface area (Å²) in [6.07, 6.45) is -4.30. The van der Waals surface area contributed by atoms with Crippen LogP contribution in [0.15, 0.2) is 18.5 Å². The van der Waals surface area contributed by atoms with Crippen LogP contribution >= 0.6 is 0 Å². The lowest BCUT2D eigenvalue weighted by Gasteiger charge is -2.12. The summed E-state index contributed by atoms with van der Waals surface area (Å²) >= 11 is 0. The Labute approximate surface area is 85.1 Å². The van der Waals surface area contributed by atoms with E-state index in [1.807, 2.05) is 0 Å². The highest BCUT2D eigenvalue weighted by Gasteiger charge is 2.39. The van der Waals surface area contributed by atoms with E-state index in [4.69, 9.17) is 9.84 Å². The van der Waals surface area contributed by atoms with Crippen molar-refractivity contribution in [3.05, 3.63) is 24.0 Å². The average Bonchev–Trinajstić information content (AvgIpc) is 2.60. The van der Waals surface area contributed by atoms with Crippen molar-refractivity contribution < 1.29 is 23.0 Å². The van der Waals surface area contributed by atoms with Gasteiger partial charge in [0.1, 0.15) is 0 Å². The van der Waals surface area contributed by atoms with Crippen LogP contribution in [0.25, 0.3) is 0 Å². The summed E-state index contributed by atoms with van der Waals surface area (Å²) in [6.45, 7) is 0.872. The third-order valence-corrected chi connectivity index (χ3v) is 1.95. The lowest BCUT2D eigenvalue weighted by Crippen LogP contribution is -2.19. The zero-order valence-electron chi connectivity index (χ0n) is 8.16. The van der Waals surface area contributed by atoms with Crippen molar-refractivity contribution >= 4 is 0 Å². The highest BCUT2D eigenvalue weighted by atomic mass is 19.4. The molecule has 0 aliphatic carbocycles. The van der Waals surface area contributed by atoms with Crippen molar-refractivity contribution in [2.24, 2.45) is 0 Å². The van der Waals surface area contributed by atoms with Crippen LogP contribution in [0, 0.1) is 0 Å². The van der Waals surface area contributed by atoms with Crippen molar-refractivity contribution in [1.82, 2.24) is 4.57 Å². The summed E-state index contributed by atoms with van der Waals surface area (Å²) in [5.41, 5.74) is -0.154. The number of rotatable bonds is 4. The standard InChI is InChI=1S/C9H12F3NO2/c1-15-5-4-13-3-2-7(6-13)8(14)9(10,11)12/h2-3,6,8,14H,4-5H2,1H3. The van der Waals surface area contributed by atoms with Gasteiger partial charge in [-0.15, -0.1) is 0 Å². The fourth-order valence-corrected chi connectivity index (χ4v) is 1.15. The summed E-state index contributed by atoms with van der Waals surface area (Å²) < 4.78 is 42.6. The molecular formula is C9H12F3NO2. The minimum Gasteiger partial charge on any atom is -0.383 e. The van der Waals surface area contributed by atoms with Gasteiger partial charge >= 0.3 is 6.18 Å². The van der Waals surface area contributed by atoms with Gasteiger partial charge in [-0.2, -0.15) is 13.2 Å². The van der Waals surface area contributed by atoms with Gasteiger partial charge in [0.25, 0.3) is 0 Å². The van der Waals surface area contributed by atoms with Crippen molar-refractivity contribution in [3.63, 3.8) is 0 Å². The van der Waals surface area contributed by atoms with Crippen LogP contribution in [0.1, 0.15) is 11.7 Å². The maximum Gasteiger partial charge on any atom is 0.418 e. The Bertz CT molecular complexity index is 309. The Kier molecular flexibility index (Phi) is 3.76. The molecule has 0 spiro atoms. The van der Waals surface area contributed by atoms with Gasteiger partial charge < -0.3 is 14.4 Å². The number of halogens is 3. The van der Waals surface area contributed by atoms with Gasteiger partial charge in [-0.3, -0.25) is 0 Å². The molecule has 0 aliphatic heterocycles. The molecule has 1 atom stereocenters. The quantitative estimate of drug-likeness (QED) is 0.843. The number of nitrogens with zero attached hydrogens (tertiary/aromatic N) is 1. The molecule has 0 saturated heterocycles. The minimum atomic E-state index is -4.62. The normalized spacial score (nSPS) is 14.2. The molecule has 1 aromatic rings. The topological polar surface area (TPSA) is 34.4 Å². The zero-order chi connectivity index (χ0) is 11.5. The van der Waals surface area contributed by atoms with Crippen molar-refractivity contribution in [3.8, 4) is 0 Å². The first-order chi connectivity index (χ1) is 6.95. The Morgan fingerprint density at radius 2 is 2.20 bits per heavy atom. The van der Waals surface area contributed by atoms with E-state index >= 15 is 0 Å².